The number of halogens is 1. The van der Waals surface area contributed by atoms with Gasteiger partial charge < -0.3 is 14.9 Å². The van der Waals surface area contributed by atoms with Crippen LogP contribution in [0.3, 0.4) is 0 Å². The van der Waals surface area contributed by atoms with Gasteiger partial charge in [-0.15, -0.1) is 24.0 Å². The van der Waals surface area contributed by atoms with E-state index in [1.54, 1.807) is 0 Å². The molecule has 0 saturated heterocycles. The molecule has 0 aromatic heterocycles. The van der Waals surface area contributed by atoms with Crippen LogP contribution < -0.4 is 0 Å². The molecular formula is C14H24IN3O. The maximum Gasteiger partial charge on any atom is 0.195 e. The zero-order valence-corrected chi connectivity index (χ0v) is 14.4. The molecule has 0 aliphatic rings. The van der Waals surface area contributed by atoms with Crippen molar-refractivity contribution in [1.82, 2.24) is 9.80 Å². The molecule has 0 aliphatic heterocycles. The van der Waals surface area contributed by atoms with E-state index in [0.717, 1.165) is 11.5 Å². The minimum atomic E-state index is 0. The summed E-state index contributed by atoms with van der Waals surface area (Å²) in [5.74, 6) is 0.963. The minimum Gasteiger partial charge on any atom is -0.396 e. The van der Waals surface area contributed by atoms with Crippen molar-refractivity contribution < 1.29 is 5.11 Å². The summed E-state index contributed by atoms with van der Waals surface area (Å²) in [4.78, 5) is 8.52. The third-order valence-corrected chi connectivity index (χ3v) is 2.74. The zero-order chi connectivity index (χ0) is 13.5. The molecule has 0 saturated carbocycles. The van der Waals surface area contributed by atoms with Crippen LogP contribution in [0.1, 0.15) is 11.5 Å². The van der Waals surface area contributed by atoms with Gasteiger partial charge in [0, 0.05) is 34.1 Å². The van der Waals surface area contributed by atoms with Crippen LogP contribution >= 0.6 is 24.0 Å². The smallest absolute Gasteiger partial charge is 0.195 e. The van der Waals surface area contributed by atoms with E-state index in [-0.39, 0.29) is 36.5 Å². The number of aliphatic hydroxyl groups excluding tert-OH is 1. The van der Waals surface area contributed by atoms with E-state index in [4.69, 9.17) is 0 Å². The van der Waals surface area contributed by atoms with Gasteiger partial charge in [-0.1, -0.05) is 30.3 Å². The van der Waals surface area contributed by atoms with E-state index in [2.05, 4.69) is 4.99 Å². The standard InChI is InChI=1S/C14H23N3O.HI/c1-16(2)14(17(3)4)15-10-13(11-18)12-8-6-5-7-9-12;/h5-9,13,18H,10-11H2,1-4H3;1H. The molecule has 0 heterocycles. The second-order valence-electron chi connectivity index (χ2n) is 4.72. The molecule has 0 aliphatic carbocycles. The molecule has 19 heavy (non-hydrogen) atoms. The Bertz CT molecular complexity index is 370. The second-order valence-corrected chi connectivity index (χ2v) is 4.72. The predicted octanol–water partition coefficient (Wildman–Crippen LogP) is 1.86. The third-order valence-electron chi connectivity index (χ3n) is 2.74. The Kier molecular flexibility index (Phi) is 8.75. The van der Waals surface area contributed by atoms with Crippen LogP contribution in [0.15, 0.2) is 35.3 Å². The Balaban J connectivity index is 0.00000324. The number of hydrogen-bond acceptors (Lipinski definition) is 2. The molecule has 0 amide bonds. The Morgan fingerprint density at radius 1 is 1.11 bits per heavy atom. The Hall–Kier alpha value is -0.820. The SMILES string of the molecule is CN(C)C(=NCC(CO)c1ccccc1)N(C)C.I. The molecule has 0 fully saturated rings. The van der Waals surface area contributed by atoms with Crippen LogP contribution in [0, 0.1) is 0 Å². The Labute approximate surface area is 133 Å². The fourth-order valence-electron chi connectivity index (χ4n) is 1.87. The van der Waals surface area contributed by atoms with Crippen molar-refractivity contribution in [3.8, 4) is 0 Å². The van der Waals surface area contributed by atoms with Gasteiger partial charge in [0.05, 0.1) is 13.2 Å². The highest BCUT2D eigenvalue weighted by Crippen LogP contribution is 2.15. The molecule has 1 atom stereocenters. The maximum atomic E-state index is 9.47. The van der Waals surface area contributed by atoms with Crippen molar-refractivity contribution in [1.29, 1.82) is 0 Å². The van der Waals surface area contributed by atoms with Crippen molar-refractivity contribution in [3.05, 3.63) is 35.9 Å². The Morgan fingerprint density at radius 2 is 1.63 bits per heavy atom. The number of aliphatic hydroxyl groups is 1. The molecule has 0 radical (unpaired) electrons. The van der Waals surface area contributed by atoms with E-state index in [1.807, 2.05) is 68.3 Å². The van der Waals surface area contributed by atoms with Crippen LogP contribution in [-0.4, -0.2) is 62.2 Å². The van der Waals surface area contributed by atoms with Crippen molar-refractivity contribution in [2.45, 2.75) is 5.92 Å². The summed E-state index contributed by atoms with van der Waals surface area (Å²) in [5, 5.41) is 9.47. The highest BCUT2D eigenvalue weighted by molar-refractivity contribution is 14.0. The van der Waals surface area contributed by atoms with Gasteiger partial charge in [0.2, 0.25) is 0 Å². The largest absolute Gasteiger partial charge is 0.396 e. The van der Waals surface area contributed by atoms with Gasteiger partial charge >= 0.3 is 0 Å². The van der Waals surface area contributed by atoms with Crippen molar-refractivity contribution in [3.63, 3.8) is 0 Å². The lowest BCUT2D eigenvalue weighted by Gasteiger charge is -2.23. The summed E-state index contributed by atoms with van der Waals surface area (Å²) < 4.78 is 0. The summed E-state index contributed by atoms with van der Waals surface area (Å²) in [5.41, 5.74) is 1.13. The second kappa shape index (κ2) is 9.14. The molecule has 1 aromatic carbocycles. The first-order chi connectivity index (χ1) is 8.56. The van der Waals surface area contributed by atoms with E-state index in [9.17, 15) is 5.11 Å². The van der Waals surface area contributed by atoms with E-state index in [1.165, 1.54) is 0 Å². The van der Waals surface area contributed by atoms with Gasteiger partial charge in [0.25, 0.3) is 0 Å². The number of nitrogens with zero attached hydrogens (tertiary/aromatic N) is 3. The maximum absolute atomic E-state index is 9.47. The molecule has 4 nitrogen and oxygen atoms in total. The summed E-state index contributed by atoms with van der Waals surface area (Å²) in [7, 11) is 7.87. The van der Waals surface area contributed by atoms with E-state index >= 15 is 0 Å². The number of rotatable bonds is 4. The first-order valence-corrected chi connectivity index (χ1v) is 6.11. The monoisotopic (exact) mass is 377 g/mol. The quantitative estimate of drug-likeness (QED) is 0.495. The van der Waals surface area contributed by atoms with Crippen LogP contribution in [0.2, 0.25) is 0 Å². The third kappa shape index (κ3) is 5.78. The molecule has 1 N–H and O–H groups in total. The molecule has 0 spiro atoms. The number of guanidine groups is 1. The lowest BCUT2D eigenvalue weighted by Crippen LogP contribution is -2.35. The molecule has 108 valence electrons. The number of aliphatic imine (C=N–C) groups is 1. The summed E-state index contributed by atoms with van der Waals surface area (Å²) in [6.45, 7) is 0.702. The van der Waals surface area contributed by atoms with Gasteiger partial charge in [-0.25, -0.2) is 0 Å². The fourth-order valence-corrected chi connectivity index (χ4v) is 1.87. The molecule has 0 bridgehead atoms. The normalized spacial score (nSPS) is 11.2. The number of benzene rings is 1. The summed E-state index contributed by atoms with van der Waals surface area (Å²) in [6.07, 6.45) is 0. The summed E-state index contributed by atoms with van der Waals surface area (Å²) in [6, 6.07) is 10.0. The van der Waals surface area contributed by atoms with Gasteiger partial charge in [-0.2, -0.15) is 0 Å². The van der Waals surface area contributed by atoms with E-state index in [0.29, 0.717) is 6.54 Å². The van der Waals surface area contributed by atoms with Crippen LogP contribution in [0.4, 0.5) is 0 Å². The van der Waals surface area contributed by atoms with Gasteiger partial charge in [0.15, 0.2) is 5.96 Å². The first-order valence-electron chi connectivity index (χ1n) is 6.11. The van der Waals surface area contributed by atoms with Gasteiger partial charge in [0.1, 0.15) is 0 Å². The average molecular weight is 377 g/mol. The molecule has 5 heteroatoms. The molecular weight excluding hydrogens is 353 g/mol. The van der Waals surface area contributed by atoms with Crippen molar-refractivity contribution in [2.24, 2.45) is 4.99 Å². The minimum absolute atomic E-state index is 0. The highest BCUT2D eigenvalue weighted by atomic mass is 127. The highest BCUT2D eigenvalue weighted by Gasteiger charge is 2.11. The fraction of sp³-hybridized carbons (Fsp3) is 0.500. The molecule has 1 aromatic rings. The summed E-state index contributed by atoms with van der Waals surface area (Å²) >= 11 is 0. The van der Waals surface area contributed by atoms with Gasteiger partial charge in [-0.05, 0) is 5.56 Å². The van der Waals surface area contributed by atoms with Crippen molar-refractivity contribution in [2.75, 3.05) is 41.3 Å². The van der Waals surface area contributed by atoms with Gasteiger partial charge in [-0.3, -0.25) is 4.99 Å². The molecule has 1 rings (SSSR count). The van der Waals surface area contributed by atoms with Crippen LogP contribution in [-0.2, 0) is 0 Å². The van der Waals surface area contributed by atoms with Crippen LogP contribution in [0.5, 0.6) is 0 Å². The predicted molar refractivity (Wildman–Crippen MR) is 91.4 cm³/mol. The topological polar surface area (TPSA) is 39.1 Å². The van der Waals surface area contributed by atoms with E-state index < -0.39 is 0 Å². The van der Waals surface area contributed by atoms with Crippen molar-refractivity contribution >= 4 is 29.9 Å². The lowest BCUT2D eigenvalue weighted by atomic mass is 10.0. The number of hydrogen-bond donors (Lipinski definition) is 1. The Morgan fingerprint density at radius 3 is 2.05 bits per heavy atom. The zero-order valence-electron chi connectivity index (χ0n) is 12.1. The first kappa shape index (κ1) is 18.2. The molecule has 1 unspecified atom stereocenters. The van der Waals surface area contributed by atoms with Crippen LogP contribution in [0.25, 0.3) is 0 Å². The average Bonchev–Trinajstić information content (AvgIpc) is 2.34. The lowest BCUT2D eigenvalue weighted by molar-refractivity contribution is 0.267.